The van der Waals surface area contributed by atoms with E-state index >= 15 is 0 Å². The number of halogens is 2. The zero-order chi connectivity index (χ0) is 17.3. The van der Waals surface area contributed by atoms with Crippen molar-refractivity contribution in [2.45, 2.75) is 13.3 Å². The van der Waals surface area contributed by atoms with E-state index in [1.165, 1.54) is 6.07 Å². The van der Waals surface area contributed by atoms with Gasteiger partial charge in [0.05, 0.1) is 16.4 Å². The maximum atomic E-state index is 11.4. The molecule has 0 saturated carbocycles. The second-order valence-electron chi connectivity index (χ2n) is 5.21. The van der Waals surface area contributed by atoms with Crippen LogP contribution in [0.15, 0.2) is 48.5 Å². The molecule has 1 aromatic heterocycles. The topological polar surface area (TPSA) is 55.1 Å². The molecule has 0 aliphatic heterocycles. The third-order valence-corrected chi connectivity index (χ3v) is 4.52. The van der Waals surface area contributed by atoms with Crippen molar-refractivity contribution in [2.24, 2.45) is 0 Å². The fourth-order valence-electron chi connectivity index (χ4n) is 2.56. The molecule has 0 saturated heterocycles. The fraction of sp³-hybridized carbons (Fsp3) is 0.111. The minimum Gasteiger partial charge on any atom is -0.476 e. The number of carboxylic acid groups (broad SMARTS) is 1. The van der Waals surface area contributed by atoms with Crippen molar-refractivity contribution >= 4 is 29.2 Å². The smallest absolute Gasteiger partial charge is 0.356 e. The lowest BCUT2D eigenvalue weighted by Crippen LogP contribution is -2.04. The molecule has 0 aliphatic rings. The fourth-order valence-corrected chi connectivity index (χ4v) is 3.27. The van der Waals surface area contributed by atoms with E-state index < -0.39 is 5.97 Å². The van der Waals surface area contributed by atoms with Crippen LogP contribution in [0.25, 0.3) is 16.9 Å². The van der Waals surface area contributed by atoms with Crippen LogP contribution in [0, 0.1) is 0 Å². The number of benzene rings is 2. The molecule has 0 fully saturated rings. The molecule has 4 nitrogen and oxygen atoms in total. The molecular formula is C18H14Cl2N2O2. The van der Waals surface area contributed by atoms with Crippen molar-refractivity contribution in [3.8, 4) is 16.9 Å². The lowest BCUT2D eigenvalue weighted by Gasteiger charge is -2.13. The van der Waals surface area contributed by atoms with Gasteiger partial charge in [0.2, 0.25) is 0 Å². The highest BCUT2D eigenvalue weighted by Gasteiger charge is 2.19. The Morgan fingerprint density at radius 1 is 1.17 bits per heavy atom. The first-order chi connectivity index (χ1) is 11.5. The van der Waals surface area contributed by atoms with Crippen LogP contribution in [-0.2, 0) is 6.42 Å². The minimum absolute atomic E-state index is 0.0436. The summed E-state index contributed by atoms with van der Waals surface area (Å²) in [7, 11) is 0. The van der Waals surface area contributed by atoms with E-state index in [1.807, 2.05) is 37.3 Å². The molecule has 0 aliphatic carbocycles. The molecule has 1 heterocycles. The number of aromatic nitrogens is 2. The number of aromatic carboxylic acids is 1. The molecule has 0 unspecified atom stereocenters. The number of hydrogen-bond acceptors (Lipinski definition) is 2. The first kappa shape index (κ1) is 16.6. The monoisotopic (exact) mass is 360 g/mol. The van der Waals surface area contributed by atoms with E-state index in [0.717, 1.165) is 11.1 Å². The molecule has 0 spiro atoms. The Kier molecular flexibility index (Phi) is 4.60. The molecule has 6 heteroatoms. The quantitative estimate of drug-likeness (QED) is 0.703. The highest BCUT2D eigenvalue weighted by atomic mass is 35.5. The largest absolute Gasteiger partial charge is 0.476 e. The van der Waals surface area contributed by atoms with E-state index in [-0.39, 0.29) is 5.69 Å². The first-order valence-electron chi connectivity index (χ1n) is 7.39. The van der Waals surface area contributed by atoms with Crippen LogP contribution in [0.1, 0.15) is 23.0 Å². The summed E-state index contributed by atoms with van der Waals surface area (Å²) in [5, 5.41) is 14.6. The van der Waals surface area contributed by atoms with Crippen LogP contribution in [0.5, 0.6) is 0 Å². The zero-order valence-corrected chi connectivity index (χ0v) is 14.3. The second-order valence-corrected chi connectivity index (χ2v) is 6.00. The Morgan fingerprint density at radius 2 is 1.88 bits per heavy atom. The van der Waals surface area contributed by atoms with Crippen molar-refractivity contribution in [3.05, 3.63) is 69.8 Å². The number of rotatable bonds is 4. The Bertz CT molecular complexity index is 905. The van der Waals surface area contributed by atoms with Gasteiger partial charge in [-0.3, -0.25) is 0 Å². The van der Waals surface area contributed by atoms with Crippen LogP contribution in [0.3, 0.4) is 0 Å². The summed E-state index contributed by atoms with van der Waals surface area (Å²) in [4.78, 5) is 11.4. The molecule has 0 bridgehead atoms. The maximum Gasteiger partial charge on any atom is 0.356 e. The average molecular weight is 361 g/mol. The summed E-state index contributed by atoms with van der Waals surface area (Å²) in [6, 6.07) is 14.5. The lowest BCUT2D eigenvalue weighted by atomic mass is 10.1. The molecule has 1 N–H and O–H groups in total. The van der Waals surface area contributed by atoms with Gasteiger partial charge in [0, 0.05) is 10.6 Å². The summed E-state index contributed by atoms with van der Waals surface area (Å²) in [5.41, 5.74) is 2.87. The van der Waals surface area contributed by atoms with Gasteiger partial charge in [-0.2, -0.15) is 5.10 Å². The van der Waals surface area contributed by atoms with Gasteiger partial charge in [0.25, 0.3) is 0 Å². The van der Waals surface area contributed by atoms with Gasteiger partial charge in [-0.05, 0) is 30.2 Å². The first-order valence-corrected chi connectivity index (χ1v) is 8.14. The summed E-state index contributed by atoms with van der Waals surface area (Å²) in [6.07, 6.45) is 0.666. The molecular weight excluding hydrogens is 347 g/mol. The maximum absolute atomic E-state index is 11.4. The Labute approximate surface area is 149 Å². The Morgan fingerprint density at radius 3 is 2.50 bits per heavy atom. The van der Waals surface area contributed by atoms with Gasteiger partial charge in [-0.25, -0.2) is 9.48 Å². The summed E-state index contributed by atoms with van der Waals surface area (Å²) >= 11 is 12.7. The van der Waals surface area contributed by atoms with Gasteiger partial charge in [0.15, 0.2) is 5.69 Å². The van der Waals surface area contributed by atoms with Gasteiger partial charge in [-0.1, -0.05) is 60.5 Å². The van der Waals surface area contributed by atoms with Crippen LogP contribution in [-0.4, -0.2) is 20.9 Å². The van der Waals surface area contributed by atoms with E-state index in [1.54, 1.807) is 16.8 Å². The highest BCUT2D eigenvalue weighted by Crippen LogP contribution is 2.33. The molecule has 0 radical (unpaired) electrons. The number of carbonyl (C=O) groups is 1. The summed E-state index contributed by atoms with van der Waals surface area (Å²) in [6.45, 7) is 1.96. The molecule has 3 rings (SSSR count). The third-order valence-electron chi connectivity index (χ3n) is 3.75. The van der Waals surface area contributed by atoms with E-state index in [0.29, 0.717) is 27.8 Å². The predicted molar refractivity (Wildman–Crippen MR) is 95.4 cm³/mol. The van der Waals surface area contributed by atoms with Crippen LogP contribution >= 0.6 is 23.2 Å². The number of carboxylic acids is 1. The SMILES string of the molecule is CCc1c(Cl)ccc(-n2nc(C(=O)O)cc2-c2ccccc2)c1Cl. The highest BCUT2D eigenvalue weighted by molar-refractivity contribution is 6.37. The van der Waals surface area contributed by atoms with E-state index in [9.17, 15) is 9.90 Å². The third kappa shape index (κ3) is 2.90. The van der Waals surface area contributed by atoms with E-state index in [2.05, 4.69) is 5.10 Å². The van der Waals surface area contributed by atoms with Crippen molar-refractivity contribution in [1.82, 2.24) is 9.78 Å². The molecule has 0 atom stereocenters. The summed E-state index contributed by atoms with van der Waals surface area (Å²) < 4.78 is 1.55. The van der Waals surface area contributed by atoms with Crippen LogP contribution < -0.4 is 0 Å². The summed E-state index contributed by atoms with van der Waals surface area (Å²) in [5.74, 6) is -1.09. The number of nitrogens with zero attached hydrogens (tertiary/aromatic N) is 2. The van der Waals surface area contributed by atoms with Crippen molar-refractivity contribution in [3.63, 3.8) is 0 Å². The predicted octanol–water partition coefficient (Wildman–Crippen LogP) is 5.11. The van der Waals surface area contributed by atoms with Crippen molar-refractivity contribution in [2.75, 3.05) is 0 Å². The Balaban J connectivity index is 2.27. The van der Waals surface area contributed by atoms with Gasteiger partial charge in [-0.15, -0.1) is 0 Å². The lowest BCUT2D eigenvalue weighted by molar-refractivity contribution is 0.0690. The van der Waals surface area contributed by atoms with Crippen molar-refractivity contribution in [1.29, 1.82) is 0 Å². The molecule has 122 valence electrons. The van der Waals surface area contributed by atoms with Crippen LogP contribution in [0.2, 0.25) is 10.0 Å². The molecule has 0 amide bonds. The zero-order valence-electron chi connectivity index (χ0n) is 12.8. The molecule has 3 aromatic rings. The van der Waals surface area contributed by atoms with Gasteiger partial charge < -0.3 is 5.11 Å². The van der Waals surface area contributed by atoms with Gasteiger partial charge in [0.1, 0.15) is 0 Å². The number of hydrogen-bond donors (Lipinski definition) is 1. The minimum atomic E-state index is -1.09. The molecule has 24 heavy (non-hydrogen) atoms. The molecule has 2 aromatic carbocycles. The second kappa shape index (κ2) is 6.67. The average Bonchev–Trinajstić information content (AvgIpc) is 3.01. The van der Waals surface area contributed by atoms with Crippen LogP contribution in [0.4, 0.5) is 0 Å². The van der Waals surface area contributed by atoms with Gasteiger partial charge >= 0.3 is 5.97 Å². The standard InChI is InChI=1S/C18H14Cl2N2O2/c1-2-12-13(19)8-9-15(17(12)20)22-16(10-14(21-22)18(23)24)11-6-4-3-5-7-11/h3-10H,2H2,1H3,(H,23,24). The van der Waals surface area contributed by atoms with Crippen molar-refractivity contribution < 1.29 is 9.90 Å². The van der Waals surface area contributed by atoms with E-state index in [4.69, 9.17) is 23.2 Å². The normalized spacial score (nSPS) is 10.8. The Hall–Kier alpha value is -2.30.